The Kier molecular flexibility index (Phi) is 6.68. The van der Waals surface area contributed by atoms with E-state index in [4.69, 9.17) is 9.88 Å². The van der Waals surface area contributed by atoms with Crippen molar-refractivity contribution < 1.29 is 31.1 Å². The predicted octanol–water partition coefficient (Wildman–Crippen LogP) is 2.48. The Morgan fingerprint density at radius 3 is 2.32 bits per heavy atom. The zero-order valence-electron chi connectivity index (χ0n) is 14.9. The highest BCUT2D eigenvalue weighted by atomic mass is 32.2. The molecule has 0 aromatic heterocycles. The van der Waals surface area contributed by atoms with Crippen LogP contribution in [-0.2, 0) is 27.4 Å². The SMILES string of the molecule is CC(COc1ccccc1C(F)(F)F)NC(=O)Cc1ccc(S(N)(=O)=O)cc1. The largest absolute Gasteiger partial charge is 0.491 e. The summed E-state index contributed by atoms with van der Waals surface area (Å²) in [6, 6.07) is 9.78. The molecule has 0 spiro atoms. The van der Waals surface area contributed by atoms with Crippen molar-refractivity contribution in [3.63, 3.8) is 0 Å². The van der Waals surface area contributed by atoms with Crippen molar-refractivity contribution in [2.75, 3.05) is 6.61 Å². The third-order valence-electron chi connectivity index (χ3n) is 3.71. The Bertz CT molecular complexity index is 929. The minimum absolute atomic E-state index is 0.0334. The van der Waals surface area contributed by atoms with Crippen LogP contribution in [0.3, 0.4) is 0 Å². The van der Waals surface area contributed by atoms with E-state index in [1.54, 1.807) is 6.92 Å². The summed E-state index contributed by atoms with van der Waals surface area (Å²) >= 11 is 0. The number of primary sulfonamides is 1. The maximum atomic E-state index is 12.9. The van der Waals surface area contributed by atoms with Crippen molar-refractivity contribution in [2.45, 2.75) is 30.5 Å². The first-order valence-corrected chi connectivity index (χ1v) is 9.71. The maximum Gasteiger partial charge on any atom is 0.419 e. The molecule has 6 nitrogen and oxygen atoms in total. The van der Waals surface area contributed by atoms with Gasteiger partial charge in [0, 0.05) is 0 Å². The fourth-order valence-electron chi connectivity index (χ4n) is 2.39. The van der Waals surface area contributed by atoms with Crippen LogP contribution in [0.15, 0.2) is 53.4 Å². The molecule has 0 radical (unpaired) electrons. The monoisotopic (exact) mass is 416 g/mol. The number of carbonyl (C=O) groups is 1. The number of para-hydroxylation sites is 1. The van der Waals surface area contributed by atoms with Gasteiger partial charge in [-0.2, -0.15) is 13.2 Å². The maximum absolute atomic E-state index is 12.9. The van der Waals surface area contributed by atoms with Crippen molar-refractivity contribution in [2.24, 2.45) is 5.14 Å². The Morgan fingerprint density at radius 1 is 1.14 bits per heavy atom. The summed E-state index contributed by atoms with van der Waals surface area (Å²) < 4.78 is 66.4. The first-order valence-electron chi connectivity index (χ1n) is 8.17. The number of rotatable bonds is 7. The lowest BCUT2D eigenvalue weighted by Crippen LogP contribution is -2.37. The molecule has 0 heterocycles. The summed E-state index contributed by atoms with van der Waals surface area (Å²) in [5.74, 6) is -0.696. The molecule has 2 aromatic rings. The zero-order valence-corrected chi connectivity index (χ0v) is 15.7. The molecule has 28 heavy (non-hydrogen) atoms. The normalized spacial score (nSPS) is 13.0. The summed E-state index contributed by atoms with van der Waals surface area (Å²) in [6.45, 7) is 1.45. The van der Waals surface area contributed by atoms with Crippen LogP contribution in [0, 0.1) is 0 Å². The molecule has 0 aliphatic carbocycles. The summed E-state index contributed by atoms with van der Waals surface area (Å²) in [7, 11) is -3.81. The Balaban J connectivity index is 1.90. The lowest BCUT2D eigenvalue weighted by Gasteiger charge is -2.18. The molecule has 0 saturated heterocycles. The van der Waals surface area contributed by atoms with Crippen LogP contribution in [0.2, 0.25) is 0 Å². The average Bonchev–Trinajstić information content (AvgIpc) is 2.59. The molecule has 1 atom stereocenters. The van der Waals surface area contributed by atoms with Crippen molar-refractivity contribution >= 4 is 15.9 Å². The topological polar surface area (TPSA) is 98.5 Å². The van der Waals surface area contributed by atoms with Crippen molar-refractivity contribution in [3.8, 4) is 5.75 Å². The highest BCUT2D eigenvalue weighted by Crippen LogP contribution is 2.35. The molecule has 2 aromatic carbocycles. The first kappa shape index (κ1) is 21.7. The van der Waals surface area contributed by atoms with E-state index in [0.717, 1.165) is 6.07 Å². The first-order chi connectivity index (χ1) is 13.0. The highest BCUT2D eigenvalue weighted by molar-refractivity contribution is 7.89. The van der Waals surface area contributed by atoms with E-state index >= 15 is 0 Å². The van der Waals surface area contributed by atoms with Crippen molar-refractivity contribution in [3.05, 3.63) is 59.7 Å². The van der Waals surface area contributed by atoms with Crippen LogP contribution >= 0.6 is 0 Å². The van der Waals surface area contributed by atoms with E-state index in [1.807, 2.05) is 0 Å². The third kappa shape index (κ3) is 6.24. The molecule has 2 rings (SSSR count). The predicted molar refractivity (Wildman–Crippen MR) is 96.1 cm³/mol. The molecular weight excluding hydrogens is 397 g/mol. The number of halogens is 3. The molecule has 152 valence electrons. The fraction of sp³-hybridized carbons (Fsp3) is 0.278. The van der Waals surface area contributed by atoms with Crippen LogP contribution in [0.25, 0.3) is 0 Å². The third-order valence-corrected chi connectivity index (χ3v) is 4.63. The molecule has 0 bridgehead atoms. The van der Waals surface area contributed by atoms with Gasteiger partial charge in [0.25, 0.3) is 0 Å². The fourth-order valence-corrected chi connectivity index (χ4v) is 2.91. The van der Waals surface area contributed by atoms with Gasteiger partial charge in [-0.15, -0.1) is 0 Å². The lowest BCUT2D eigenvalue weighted by molar-refractivity contribution is -0.139. The number of amides is 1. The molecule has 0 aliphatic rings. The second kappa shape index (κ2) is 8.61. The van der Waals surface area contributed by atoms with Crippen molar-refractivity contribution in [1.29, 1.82) is 0 Å². The van der Waals surface area contributed by atoms with Gasteiger partial charge in [0.1, 0.15) is 12.4 Å². The van der Waals surface area contributed by atoms with Gasteiger partial charge in [-0.3, -0.25) is 4.79 Å². The average molecular weight is 416 g/mol. The molecular formula is C18H19F3N2O4S. The number of nitrogens with two attached hydrogens (primary N) is 1. The van der Waals surface area contributed by atoms with E-state index in [2.05, 4.69) is 5.32 Å². The molecule has 0 saturated carbocycles. The van der Waals surface area contributed by atoms with E-state index in [-0.39, 0.29) is 29.6 Å². The van der Waals surface area contributed by atoms with Crippen LogP contribution < -0.4 is 15.2 Å². The summed E-state index contributed by atoms with van der Waals surface area (Å²) in [5, 5.41) is 7.61. The van der Waals surface area contributed by atoms with Crippen LogP contribution in [0.1, 0.15) is 18.1 Å². The van der Waals surface area contributed by atoms with Crippen LogP contribution in [0.5, 0.6) is 5.75 Å². The molecule has 3 N–H and O–H groups in total. The van der Waals surface area contributed by atoms with Crippen LogP contribution in [-0.4, -0.2) is 27.0 Å². The van der Waals surface area contributed by atoms with Gasteiger partial charge in [-0.1, -0.05) is 24.3 Å². The minimum atomic E-state index is -4.54. The van der Waals surface area contributed by atoms with Crippen LogP contribution in [0.4, 0.5) is 13.2 Å². The van der Waals surface area contributed by atoms with Gasteiger partial charge in [-0.25, -0.2) is 13.6 Å². The van der Waals surface area contributed by atoms with Gasteiger partial charge in [0.2, 0.25) is 15.9 Å². The Hall–Kier alpha value is -2.59. The van der Waals surface area contributed by atoms with Gasteiger partial charge in [0.05, 0.1) is 22.9 Å². The smallest absolute Gasteiger partial charge is 0.419 e. The van der Waals surface area contributed by atoms with Gasteiger partial charge in [-0.05, 0) is 36.8 Å². The molecule has 1 amide bonds. The number of alkyl halides is 3. The standard InChI is InChI=1S/C18H19F3N2O4S/c1-12(11-27-16-5-3-2-4-15(16)18(19,20)21)23-17(24)10-13-6-8-14(9-7-13)28(22,25)26/h2-9,12H,10-11H2,1H3,(H,23,24)(H2,22,25,26). The Labute approximate surface area is 160 Å². The van der Waals surface area contributed by atoms with Gasteiger partial charge < -0.3 is 10.1 Å². The summed E-state index contributed by atoms with van der Waals surface area (Å²) in [4.78, 5) is 12.0. The molecule has 1 unspecified atom stereocenters. The van der Waals surface area contributed by atoms with Gasteiger partial charge >= 0.3 is 6.18 Å². The number of carbonyl (C=O) groups excluding carboxylic acids is 1. The highest BCUT2D eigenvalue weighted by Gasteiger charge is 2.34. The number of benzene rings is 2. The molecule has 0 aliphatic heterocycles. The molecule has 0 fully saturated rings. The number of sulfonamides is 1. The second-order valence-corrected chi connectivity index (χ2v) is 7.70. The quantitative estimate of drug-likeness (QED) is 0.725. The minimum Gasteiger partial charge on any atom is -0.491 e. The number of ether oxygens (including phenoxy) is 1. The number of hydrogen-bond acceptors (Lipinski definition) is 4. The molecule has 10 heteroatoms. The summed E-state index contributed by atoms with van der Waals surface area (Å²) in [5.41, 5.74) is -0.330. The van der Waals surface area contributed by atoms with E-state index in [0.29, 0.717) is 5.56 Å². The van der Waals surface area contributed by atoms with E-state index < -0.39 is 27.8 Å². The van der Waals surface area contributed by atoms with Gasteiger partial charge in [0.15, 0.2) is 0 Å². The van der Waals surface area contributed by atoms with E-state index in [1.165, 1.54) is 42.5 Å². The number of hydrogen-bond donors (Lipinski definition) is 2. The number of nitrogens with one attached hydrogen (secondary N) is 1. The summed E-state index contributed by atoms with van der Waals surface area (Å²) in [6.07, 6.45) is -4.57. The van der Waals surface area contributed by atoms with E-state index in [9.17, 15) is 26.4 Å². The Morgan fingerprint density at radius 2 is 1.75 bits per heavy atom. The lowest BCUT2D eigenvalue weighted by atomic mass is 10.1. The van der Waals surface area contributed by atoms with Crippen molar-refractivity contribution in [1.82, 2.24) is 5.32 Å². The zero-order chi connectivity index (χ0) is 20.9. The second-order valence-electron chi connectivity index (χ2n) is 6.14.